The molecule has 0 unspecified atom stereocenters. The van der Waals surface area contributed by atoms with Crippen molar-refractivity contribution in [3.63, 3.8) is 0 Å². The predicted octanol–water partition coefficient (Wildman–Crippen LogP) is 5.10. The van der Waals surface area contributed by atoms with Gasteiger partial charge in [-0.1, -0.05) is 72.8 Å². The van der Waals surface area contributed by atoms with Gasteiger partial charge in [0.2, 0.25) is 0 Å². The summed E-state index contributed by atoms with van der Waals surface area (Å²) in [5.74, 6) is -0.316. The number of alkyl carbamates (subject to hydrolysis) is 1. The number of nitrogens with one attached hydrogen (secondary N) is 1. The molecule has 0 aliphatic rings. The second kappa shape index (κ2) is 11.9. The predicted molar refractivity (Wildman–Crippen MR) is 123 cm³/mol. The average molecular weight is 424 g/mol. The molecule has 31 heavy (non-hydrogen) atoms. The Morgan fingerprint density at radius 2 is 1.45 bits per heavy atom. The monoisotopic (exact) mass is 423 g/mol. The zero-order chi connectivity index (χ0) is 22.7. The van der Waals surface area contributed by atoms with Crippen LogP contribution in [0.5, 0.6) is 0 Å². The number of hydrogen-bond donors (Lipinski definition) is 1. The van der Waals surface area contributed by atoms with Crippen LogP contribution in [0.25, 0.3) is 0 Å². The number of hydrogen-bond acceptors (Lipinski definition) is 4. The minimum atomic E-state index is -0.573. The third-order valence-electron chi connectivity index (χ3n) is 4.46. The molecule has 1 N–H and O–H groups in total. The Hall–Kier alpha value is -3.08. The average Bonchev–Trinajstić information content (AvgIpc) is 2.70. The summed E-state index contributed by atoms with van der Waals surface area (Å²) in [6, 6.07) is 19.8. The van der Waals surface area contributed by atoms with Crippen LogP contribution in [0.4, 0.5) is 4.79 Å². The van der Waals surface area contributed by atoms with E-state index in [0.717, 1.165) is 17.5 Å². The molecule has 2 atom stereocenters. The van der Waals surface area contributed by atoms with Crippen molar-refractivity contribution in [3.8, 4) is 0 Å². The summed E-state index contributed by atoms with van der Waals surface area (Å²) >= 11 is 0. The second-order valence-electron chi connectivity index (χ2n) is 8.58. The van der Waals surface area contributed by atoms with Crippen LogP contribution < -0.4 is 5.32 Å². The van der Waals surface area contributed by atoms with E-state index in [1.54, 1.807) is 0 Å². The maximum Gasteiger partial charge on any atom is 0.408 e. The van der Waals surface area contributed by atoms with Crippen LogP contribution in [0.2, 0.25) is 0 Å². The number of esters is 1. The maximum absolute atomic E-state index is 12.4. The van der Waals surface area contributed by atoms with Gasteiger partial charge in [0.15, 0.2) is 0 Å². The fourth-order valence-corrected chi connectivity index (χ4v) is 3.11. The molecule has 0 radical (unpaired) electrons. The molecule has 0 bridgehead atoms. The number of carbonyl (C=O) groups is 2. The van der Waals surface area contributed by atoms with E-state index < -0.39 is 11.7 Å². The molecule has 0 aliphatic carbocycles. The third kappa shape index (κ3) is 10.5. The molecule has 2 aromatic carbocycles. The molecular weight excluding hydrogens is 390 g/mol. The van der Waals surface area contributed by atoms with Gasteiger partial charge in [0.05, 0.1) is 12.6 Å². The van der Waals surface area contributed by atoms with Crippen molar-refractivity contribution in [2.45, 2.75) is 52.2 Å². The van der Waals surface area contributed by atoms with E-state index in [1.807, 2.05) is 81.5 Å². The van der Waals surface area contributed by atoms with E-state index in [0.29, 0.717) is 6.42 Å². The van der Waals surface area contributed by atoms with Gasteiger partial charge in [0, 0.05) is 12.8 Å². The topological polar surface area (TPSA) is 64.6 Å². The summed E-state index contributed by atoms with van der Waals surface area (Å²) in [6.45, 7) is 7.20. The van der Waals surface area contributed by atoms with Gasteiger partial charge in [0.25, 0.3) is 0 Å². The molecular formula is C26H33NO4. The molecule has 5 nitrogen and oxygen atoms in total. The van der Waals surface area contributed by atoms with E-state index in [9.17, 15) is 9.59 Å². The van der Waals surface area contributed by atoms with E-state index >= 15 is 0 Å². The van der Waals surface area contributed by atoms with Crippen LogP contribution in [0.1, 0.15) is 38.8 Å². The lowest BCUT2D eigenvalue weighted by atomic mass is 9.97. The van der Waals surface area contributed by atoms with Crippen molar-refractivity contribution in [2.75, 3.05) is 6.61 Å². The number of carbonyl (C=O) groups excluding carboxylic acids is 2. The Morgan fingerprint density at radius 1 is 0.903 bits per heavy atom. The minimum absolute atomic E-state index is 0.00925. The first kappa shape index (κ1) is 24.2. The van der Waals surface area contributed by atoms with Crippen LogP contribution in [0.15, 0.2) is 72.8 Å². The lowest BCUT2D eigenvalue weighted by Crippen LogP contribution is -2.39. The smallest absolute Gasteiger partial charge is 0.408 e. The van der Waals surface area contributed by atoms with E-state index in [2.05, 4.69) is 17.4 Å². The summed E-state index contributed by atoms with van der Waals surface area (Å²) in [6.07, 6.45) is 4.88. The summed E-state index contributed by atoms with van der Waals surface area (Å²) in [7, 11) is 0. The number of amides is 1. The lowest BCUT2D eigenvalue weighted by Gasteiger charge is -2.23. The zero-order valence-electron chi connectivity index (χ0n) is 18.8. The van der Waals surface area contributed by atoms with Gasteiger partial charge in [-0.25, -0.2) is 4.79 Å². The maximum atomic E-state index is 12.4. The van der Waals surface area contributed by atoms with Crippen LogP contribution in [0, 0.1) is 5.92 Å². The number of rotatable bonds is 9. The quantitative estimate of drug-likeness (QED) is 0.450. The molecule has 0 spiro atoms. The van der Waals surface area contributed by atoms with Gasteiger partial charge in [0.1, 0.15) is 5.60 Å². The third-order valence-corrected chi connectivity index (χ3v) is 4.46. The molecule has 2 aromatic rings. The summed E-state index contributed by atoms with van der Waals surface area (Å²) in [4.78, 5) is 23.7. The summed E-state index contributed by atoms with van der Waals surface area (Å²) in [5, 5.41) is 2.95. The molecule has 0 fully saturated rings. The first-order chi connectivity index (χ1) is 14.7. The van der Waals surface area contributed by atoms with Crippen molar-refractivity contribution < 1.29 is 19.1 Å². The van der Waals surface area contributed by atoms with E-state index in [4.69, 9.17) is 9.47 Å². The van der Waals surface area contributed by atoms with Gasteiger partial charge in [-0.3, -0.25) is 4.79 Å². The van der Waals surface area contributed by atoms with Crippen LogP contribution in [-0.4, -0.2) is 30.3 Å². The van der Waals surface area contributed by atoms with Gasteiger partial charge < -0.3 is 14.8 Å². The normalized spacial score (nSPS) is 13.4. The van der Waals surface area contributed by atoms with Crippen molar-refractivity contribution in [3.05, 3.63) is 83.9 Å². The Bertz CT molecular complexity index is 841. The highest BCUT2D eigenvalue weighted by Gasteiger charge is 2.19. The highest BCUT2D eigenvalue weighted by molar-refractivity contribution is 5.68. The highest BCUT2D eigenvalue weighted by atomic mass is 16.6. The second-order valence-corrected chi connectivity index (χ2v) is 8.58. The largest absolute Gasteiger partial charge is 0.465 e. The Kier molecular flexibility index (Phi) is 9.32. The van der Waals surface area contributed by atoms with Crippen LogP contribution >= 0.6 is 0 Å². The van der Waals surface area contributed by atoms with Crippen LogP contribution in [-0.2, 0) is 27.1 Å². The summed E-state index contributed by atoms with van der Waals surface area (Å²) < 4.78 is 10.7. The standard InChI is InChI=1S/C26H33NO4/c1-20(28)30-19-23(17-21-11-7-5-8-12-21)15-16-24(18-22-13-9-6-10-14-22)27-25(29)31-26(2,3)4/h5-16,23-24H,17-19H2,1-4H3,(H,27,29)/b16-15+/t23-,24+/m0/s1. The van der Waals surface area contributed by atoms with Gasteiger partial charge in [-0.2, -0.15) is 0 Å². The Labute approximate surface area is 185 Å². The minimum Gasteiger partial charge on any atom is -0.465 e. The zero-order valence-corrected chi connectivity index (χ0v) is 18.8. The number of benzene rings is 2. The molecule has 0 aliphatic heterocycles. The number of ether oxygens (including phenoxy) is 2. The first-order valence-corrected chi connectivity index (χ1v) is 10.6. The van der Waals surface area contributed by atoms with Crippen LogP contribution in [0.3, 0.4) is 0 Å². The van der Waals surface area contributed by atoms with Gasteiger partial charge in [-0.05, 0) is 44.7 Å². The van der Waals surface area contributed by atoms with E-state index in [-0.39, 0.29) is 24.5 Å². The molecule has 1 amide bonds. The molecule has 0 heterocycles. The van der Waals surface area contributed by atoms with Gasteiger partial charge >= 0.3 is 12.1 Å². The fraction of sp³-hybridized carbons (Fsp3) is 0.385. The van der Waals surface area contributed by atoms with Crippen molar-refractivity contribution in [2.24, 2.45) is 5.92 Å². The van der Waals surface area contributed by atoms with Crippen molar-refractivity contribution in [1.82, 2.24) is 5.32 Å². The molecule has 0 saturated carbocycles. The van der Waals surface area contributed by atoms with Crippen molar-refractivity contribution >= 4 is 12.1 Å². The highest BCUT2D eigenvalue weighted by Crippen LogP contribution is 2.14. The Morgan fingerprint density at radius 3 is 1.97 bits per heavy atom. The van der Waals surface area contributed by atoms with Crippen molar-refractivity contribution in [1.29, 1.82) is 0 Å². The van der Waals surface area contributed by atoms with E-state index in [1.165, 1.54) is 6.92 Å². The molecule has 0 saturated heterocycles. The summed E-state index contributed by atoms with van der Waals surface area (Å²) in [5.41, 5.74) is 1.69. The molecule has 166 valence electrons. The molecule has 5 heteroatoms. The lowest BCUT2D eigenvalue weighted by molar-refractivity contribution is -0.141. The first-order valence-electron chi connectivity index (χ1n) is 10.6. The fourth-order valence-electron chi connectivity index (χ4n) is 3.11. The SMILES string of the molecule is CC(=O)OC[C@@H](/C=C/[C@H](Cc1ccccc1)NC(=O)OC(C)(C)C)Cc1ccccc1. The molecule has 0 aromatic heterocycles. The van der Waals surface area contributed by atoms with Gasteiger partial charge in [-0.15, -0.1) is 0 Å². The molecule has 2 rings (SSSR count). The Balaban J connectivity index is 2.15.